The van der Waals surface area contributed by atoms with E-state index in [1.54, 1.807) is 6.07 Å². The fraction of sp³-hybridized carbons (Fsp3) is 0.500. The van der Waals surface area contributed by atoms with Crippen molar-refractivity contribution < 1.29 is 35.5 Å². The van der Waals surface area contributed by atoms with Crippen molar-refractivity contribution >= 4 is 9.84 Å². The molecule has 5 nitrogen and oxygen atoms in total. The smallest absolute Gasteiger partial charge is 0.382 e. The Kier molecular flexibility index (Phi) is 4.54. The molecule has 2 atom stereocenters. The van der Waals surface area contributed by atoms with E-state index in [0.29, 0.717) is 25.0 Å². The number of sulfone groups is 1. The normalized spacial score (nSPS) is 24.1. The zero-order valence-corrected chi connectivity index (χ0v) is 15.8. The van der Waals surface area contributed by atoms with Gasteiger partial charge in [0.05, 0.1) is 11.7 Å². The largest absolute Gasteiger partial charge is 0.501 e. The summed E-state index contributed by atoms with van der Waals surface area (Å²) in [7, 11) is -5.93. The summed E-state index contributed by atoms with van der Waals surface area (Å²) >= 11 is 0. The van der Waals surface area contributed by atoms with Gasteiger partial charge in [0.1, 0.15) is 11.0 Å². The molecule has 2 heterocycles. The lowest BCUT2D eigenvalue weighted by Crippen LogP contribution is -2.34. The molecule has 2 aromatic rings. The quantitative estimate of drug-likeness (QED) is 0.729. The number of halogens is 5. The highest BCUT2D eigenvalue weighted by Gasteiger charge is 2.54. The van der Waals surface area contributed by atoms with Crippen LogP contribution < -0.4 is 0 Å². The number of alkyl halides is 5. The van der Waals surface area contributed by atoms with Crippen LogP contribution in [-0.4, -0.2) is 34.5 Å². The molecule has 0 amide bonds. The van der Waals surface area contributed by atoms with Gasteiger partial charge in [0.25, 0.3) is 15.8 Å². The molecule has 0 saturated heterocycles. The third kappa shape index (κ3) is 3.05. The summed E-state index contributed by atoms with van der Waals surface area (Å²) in [6.45, 7) is 0. The maximum atomic E-state index is 14.1. The average molecular weight is 436 g/mol. The zero-order valence-electron chi connectivity index (χ0n) is 15.0. The highest BCUT2D eigenvalue weighted by molar-refractivity contribution is 7.92. The van der Waals surface area contributed by atoms with Crippen molar-refractivity contribution in [3.05, 3.63) is 47.0 Å². The molecule has 1 N–H and O–H groups in total. The van der Waals surface area contributed by atoms with Gasteiger partial charge < -0.3 is 9.67 Å². The molecule has 2 aliphatic rings. The number of pyridine rings is 1. The third-order valence-electron chi connectivity index (χ3n) is 5.61. The molecule has 29 heavy (non-hydrogen) atoms. The van der Waals surface area contributed by atoms with Gasteiger partial charge in [-0.25, -0.2) is 17.2 Å². The number of hydrogen-bond acceptors (Lipinski definition) is 4. The molecule has 2 aliphatic carbocycles. The maximum Gasteiger partial charge on any atom is 0.501 e. The minimum atomic E-state index is -5.93. The predicted octanol–water partition coefficient (Wildman–Crippen LogP) is 3.72. The molecule has 1 unspecified atom stereocenters. The predicted molar refractivity (Wildman–Crippen MR) is 91.2 cm³/mol. The van der Waals surface area contributed by atoms with E-state index in [0.717, 1.165) is 11.8 Å². The maximum absolute atomic E-state index is 14.1. The zero-order chi connectivity index (χ0) is 21.2. The molecule has 158 valence electrons. The van der Waals surface area contributed by atoms with Gasteiger partial charge in [-0.15, -0.1) is 0 Å². The summed E-state index contributed by atoms with van der Waals surface area (Å²) in [5.41, 5.74) is -5.12. The molecule has 11 heteroatoms. The van der Waals surface area contributed by atoms with Crippen molar-refractivity contribution in [2.45, 2.75) is 60.6 Å². The van der Waals surface area contributed by atoms with Gasteiger partial charge in [-0.1, -0.05) is 6.07 Å². The van der Waals surface area contributed by atoms with Crippen molar-refractivity contribution in [2.24, 2.45) is 0 Å². The molecule has 2 aromatic heterocycles. The SMILES string of the molecule is O=S(=O)(c1cn(C2CCCc3cccnc32)c2c1[C@H](O)C(F)(F)CC2)C(F)(F)F. The van der Waals surface area contributed by atoms with Crippen LogP contribution in [0.2, 0.25) is 0 Å². The van der Waals surface area contributed by atoms with E-state index in [1.165, 1.54) is 10.8 Å². The van der Waals surface area contributed by atoms with E-state index in [2.05, 4.69) is 4.98 Å². The van der Waals surface area contributed by atoms with Gasteiger partial charge in [0, 0.05) is 30.1 Å². The molecule has 0 radical (unpaired) electrons. The van der Waals surface area contributed by atoms with Crippen LogP contribution in [0, 0.1) is 0 Å². The van der Waals surface area contributed by atoms with Crippen LogP contribution in [0.3, 0.4) is 0 Å². The van der Waals surface area contributed by atoms with E-state index < -0.39 is 50.3 Å². The summed E-state index contributed by atoms with van der Waals surface area (Å²) in [6.07, 6.45) is 0.322. The first-order valence-corrected chi connectivity index (χ1v) is 10.5. The topological polar surface area (TPSA) is 72.2 Å². The van der Waals surface area contributed by atoms with Gasteiger partial charge in [0.15, 0.2) is 0 Å². The minimum absolute atomic E-state index is 0.0187. The molecular weight excluding hydrogens is 419 g/mol. The Morgan fingerprint density at radius 2 is 1.97 bits per heavy atom. The lowest BCUT2D eigenvalue weighted by atomic mass is 9.89. The molecule has 0 saturated carbocycles. The first kappa shape index (κ1) is 20.3. The number of rotatable bonds is 2. The van der Waals surface area contributed by atoms with E-state index in [4.69, 9.17) is 0 Å². The first-order valence-electron chi connectivity index (χ1n) is 9.00. The molecule has 0 fully saturated rings. The lowest BCUT2D eigenvalue weighted by molar-refractivity contribution is -0.123. The second-order valence-corrected chi connectivity index (χ2v) is 9.24. The van der Waals surface area contributed by atoms with Gasteiger partial charge >= 0.3 is 5.51 Å². The molecule has 0 aliphatic heterocycles. The fourth-order valence-corrected chi connectivity index (χ4v) is 5.24. The summed E-state index contributed by atoms with van der Waals surface area (Å²) in [6, 6.07) is 2.95. The Morgan fingerprint density at radius 3 is 2.66 bits per heavy atom. The van der Waals surface area contributed by atoms with Crippen molar-refractivity contribution in [1.29, 1.82) is 0 Å². The number of nitrogens with zero attached hydrogens (tertiary/aromatic N) is 2. The fourth-order valence-electron chi connectivity index (χ4n) is 4.22. The second-order valence-electron chi connectivity index (χ2n) is 7.33. The average Bonchev–Trinajstić information content (AvgIpc) is 3.04. The van der Waals surface area contributed by atoms with Crippen molar-refractivity contribution in [1.82, 2.24) is 9.55 Å². The number of hydrogen-bond donors (Lipinski definition) is 1. The summed E-state index contributed by atoms with van der Waals surface area (Å²) in [5, 5.41) is 10.1. The van der Waals surface area contributed by atoms with Gasteiger partial charge in [0.2, 0.25) is 0 Å². The van der Waals surface area contributed by atoms with E-state index in [9.17, 15) is 35.5 Å². The summed E-state index contributed by atoms with van der Waals surface area (Å²) < 4.78 is 93.3. The highest BCUT2D eigenvalue weighted by Crippen LogP contribution is 2.48. The van der Waals surface area contributed by atoms with E-state index >= 15 is 0 Å². The second kappa shape index (κ2) is 6.49. The Bertz CT molecular complexity index is 1060. The number of aromatic nitrogens is 2. The number of aliphatic hydroxyl groups is 1. The number of aryl methyl sites for hydroxylation is 1. The van der Waals surface area contributed by atoms with E-state index in [1.807, 2.05) is 6.07 Å². The molecule has 0 spiro atoms. The van der Waals surface area contributed by atoms with Crippen molar-refractivity contribution in [2.75, 3.05) is 0 Å². The minimum Gasteiger partial charge on any atom is -0.382 e. The highest BCUT2D eigenvalue weighted by atomic mass is 32.2. The van der Waals surface area contributed by atoms with Gasteiger partial charge in [-0.05, 0) is 37.3 Å². The Hall–Kier alpha value is -2.01. The first-order chi connectivity index (χ1) is 13.4. The van der Waals surface area contributed by atoms with Crippen molar-refractivity contribution in [3.63, 3.8) is 0 Å². The van der Waals surface area contributed by atoms with Gasteiger partial charge in [-0.3, -0.25) is 4.98 Å². The molecular formula is C18H17F5N2O3S. The summed E-state index contributed by atoms with van der Waals surface area (Å²) in [4.78, 5) is 2.98. The monoisotopic (exact) mass is 436 g/mol. The Balaban J connectivity index is 1.96. The van der Waals surface area contributed by atoms with Crippen LogP contribution in [0.4, 0.5) is 22.0 Å². The van der Waals surface area contributed by atoms with E-state index in [-0.39, 0.29) is 12.1 Å². The van der Waals surface area contributed by atoms with Crippen LogP contribution >= 0.6 is 0 Å². The molecule has 0 bridgehead atoms. The summed E-state index contributed by atoms with van der Waals surface area (Å²) in [5.74, 6) is -3.72. The molecule has 4 rings (SSSR count). The van der Waals surface area contributed by atoms with Crippen LogP contribution in [0.15, 0.2) is 29.4 Å². The Labute approximate surface area is 163 Å². The van der Waals surface area contributed by atoms with Crippen LogP contribution in [0.5, 0.6) is 0 Å². The number of aliphatic hydroxyl groups excluding tert-OH is 1. The van der Waals surface area contributed by atoms with Crippen LogP contribution in [0.1, 0.15) is 53.9 Å². The third-order valence-corrected chi connectivity index (χ3v) is 7.12. The number of fused-ring (bicyclic) bond motifs is 2. The lowest BCUT2D eigenvalue weighted by Gasteiger charge is -2.32. The standard InChI is InChI=1S/C18H17F5N2O3S/c19-17(20)7-6-11-14(16(17)26)13(29(27,28)18(21,22)23)9-25(11)12-5-1-3-10-4-2-8-24-15(10)12/h2,4,8-9,12,16,26H,1,3,5-7H2/t12?,16-/m0/s1. The van der Waals surface area contributed by atoms with Gasteiger partial charge in [-0.2, -0.15) is 13.2 Å². The Morgan fingerprint density at radius 1 is 1.24 bits per heavy atom. The van der Waals surface area contributed by atoms with Crippen molar-refractivity contribution in [3.8, 4) is 0 Å². The van der Waals surface area contributed by atoms with Crippen LogP contribution in [0.25, 0.3) is 0 Å². The molecule has 0 aromatic carbocycles. The van der Waals surface area contributed by atoms with Crippen LogP contribution in [-0.2, 0) is 22.7 Å².